The second kappa shape index (κ2) is 7.11. The van der Waals surface area contributed by atoms with Gasteiger partial charge in [0.25, 0.3) is 0 Å². The largest absolute Gasteiger partial charge is 0.472 e. The van der Waals surface area contributed by atoms with Gasteiger partial charge in [-0.2, -0.15) is 9.40 Å². The van der Waals surface area contributed by atoms with E-state index in [1.54, 1.807) is 24.4 Å². The summed E-state index contributed by atoms with van der Waals surface area (Å²) >= 11 is 0. The van der Waals surface area contributed by atoms with Crippen molar-refractivity contribution in [1.29, 1.82) is 0 Å². The molecule has 0 amide bonds. The number of benzene rings is 1. The van der Waals surface area contributed by atoms with Crippen LogP contribution in [0.1, 0.15) is 17.5 Å². The topological polar surface area (TPSA) is 72.4 Å². The first-order valence-electron chi connectivity index (χ1n) is 7.72. The Balaban J connectivity index is 1.62. The third-order valence-corrected chi connectivity index (χ3v) is 5.34. The van der Waals surface area contributed by atoms with Crippen LogP contribution in [0.25, 0.3) is 6.08 Å². The molecule has 1 aliphatic heterocycles. The Morgan fingerprint density at radius 3 is 2.75 bits per heavy atom. The number of sulfonamides is 1. The van der Waals surface area contributed by atoms with Crippen LogP contribution >= 0.6 is 0 Å². The predicted octanol–water partition coefficient (Wildman–Crippen LogP) is 2.24. The van der Waals surface area contributed by atoms with Crippen molar-refractivity contribution in [2.75, 3.05) is 13.1 Å². The summed E-state index contributed by atoms with van der Waals surface area (Å²) in [5.74, 6) is 0.414. The molecule has 1 aliphatic rings. The van der Waals surface area contributed by atoms with Crippen molar-refractivity contribution in [3.63, 3.8) is 0 Å². The second-order valence-electron chi connectivity index (χ2n) is 5.71. The Hall–Kier alpha value is -2.25. The minimum atomic E-state index is -3.46. The molecule has 2 aromatic rings. The van der Waals surface area contributed by atoms with Crippen LogP contribution in [0.4, 0.5) is 0 Å². The average Bonchev–Trinajstić information content (AvgIpc) is 3.05. The van der Waals surface area contributed by atoms with Crippen molar-refractivity contribution in [3.05, 3.63) is 59.1 Å². The lowest BCUT2D eigenvalue weighted by Crippen LogP contribution is -2.29. The molecule has 0 aliphatic carbocycles. The van der Waals surface area contributed by atoms with Crippen LogP contribution < -0.4 is 4.74 Å². The standard InChI is InChI=1S/C17H19N3O3S/c1-14-4-6-15(7-5-14)9-12-24(21,22)20-11-8-16(13-20)23-17-3-2-10-18-19-17/h2-7,9-10,12,16H,8,11,13H2,1H3/b12-9+. The summed E-state index contributed by atoms with van der Waals surface area (Å²) in [7, 11) is -3.46. The van der Waals surface area contributed by atoms with Crippen molar-refractivity contribution in [1.82, 2.24) is 14.5 Å². The Kier molecular flexibility index (Phi) is 4.92. The third-order valence-electron chi connectivity index (χ3n) is 3.81. The lowest BCUT2D eigenvalue weighted by Gasteiger charge is -2.14. The maximum atomic E-state index is 12.4. The summed E-state index contributed by atoms with van der Waals surface area (Å²) in [6.45, 7) is 2.74. The number of aryl methyl sites for hydroxylation is 1. The van der Waals surface area contributed by atoms with Gasteiger partial charge in [0, 0.05) is 24.2 Å². The van der Waals surface area contributed by atoms with E-state index < -0.39 is 10.0 Å². The molecule has 7 heteroatoms. The van der Waals surface area contributed by atoms with Gasteiger partial charge in [-0.3, -0.25) is 0 Å². The first kappa shape index (κ1) is 16.6. The van der Waals surface area contributed by atoms with Crippen LogP contribution in [-0.2, 0) is 10.0 Å². The van der Waals surface area contributed by atoms with Crippen LogP contribution in [-0.4, -0.2) is 42.1 Å². The van der Waals surface area contributed by atoms with Crippen molar-refractivity contribution >= 4 is 16.1 Å². The summed E-state index contributed by atoms with van der Waals surface area (Å²) in [6, 6.07) is 11.1. The zero-order valence-corrected chi connectivity index (χ0v) is 14.2. The number of aromatic nitrogens is 2. The molecular formula is C17H19N3O3S. The molecule has 6 nitrogen and oxygen atoms in total. The van der Waals surface area contributed by atoms with E-state index in [1.165, 1.54) is 9.71 Å². The van der Waals surface area contributed by atoms with Gasteiger partial charge in [0.1, 0.15) is 6.10 Å². The first-order chi connectivity index (χ1) is 11.5. The van der Waals surface area contributed by atoms with Crippen molar-refractivity contribution in [2.24, 2.45) is 0 Å². The fourth-order valence-corrected chi connectivity index (χ4v) is 3.71. The van der Waals surface area contributed by atoms with Crippen LogP contribution in [0.3, 0.4) is 0 Å². The van der Waals surface area contributed by atoms with Gasteiger partial charge >= 0.3 is 0 Å². The highest BCUT2D eigenvalue weighted by molar-refractivity contribution is 7.92. The van der Waals surface area contributed by atoms with Crippen LogP contribution in [0.15, 0.2) is 48.0 Å². The normalized spacial score (nSPS) is 19.0. The molecular weight excluding hydrogens is 326 g/mol. The van der Waals surface area contributed by atoms with E-state index in [0.29, 0.717) is 25.4 Å². The number of hydrogen-bond acceptors (Lipinski definition) is 5. The van der Waals surface area contributed by atoms with Gasteiger partial charge in [-0.1, -0.05) is 29.8 Å². The van der Waals surface area contributed by atoms with Gasteiger partial charge in [0.2, 0.25) is 15.9 Å². The van der Waals surface area contributed by atoms with Gasteiger partial charge < -0.3 is 4.74 Å². The SMILES string of the molecule is Cc1ccc(/C=C/S(=O)(=O)N2CCC(Oc3cccnn3)C2)cc1. The Labute approximate surface area is 141 Å². The smallest absolute Gasteiger partial charge is 0.236 e. The Morgan fingerprint density at radius 2 is 2.04 bits per heavy atom. The lowest BCUT2D eigenvalue weighted by atomic mass is 10.2. The molecule has 3 rings (SSSR count). The molecule has 2 heterocycles. The molecule has 1 saturated heterocycles. The van der Waals surface area contributed by atoms with E-state index in [9.17, 15) is 8.42 Å². The minimum absolute atomic E-state index is 0.204. The van der Waals surface area contributed by atoms with Gasteiger partial charge in [0.05, 0.1) is 6.54 Å². The van der Waals surface area contributed by atoms with Crippen molar-refractivity contribution < 1.29 is 13.2 Å². The molecule has 0 spiro atoms. The van der Waals surface area contributed by atoms with E-state index in [2.05, 4.69) is 10.2 Å². The predicted molar refractivity (Wildman–Crippen MR) is 91.8 cm³/mol. The highest BCUT2D eigenvalue weighted by Gasteiger charge is 2.31. The molecule has 1 aromatic carbocycles. The maximum Gasteiger partial charge on any atom is 0.236 e. The van der Waals surface area contributed by atoms with Gasteiger partial charge in [0.15, 0.2) is 0 Å². The highest BCUT2D eigenvalue weighted by Crippen LogP contribution is 2.20. The molecule has 1 fully saturated rings. The monoisotopic (exact) mass is 345 g/mol. The molecule has 0 saturated carbocycles. The molecule has 126 valence electrons. The van der Waals surface area contributed by atoms with E-state index in [0.717, 1.165) is 11.1 Å². The average molecular weight is 345 g/mol. The Bertz CT molecular complexity index is 805. The van der Waals surface area contributed by atoms with E-state index in [1.807, 2.05) is 31.2 Å². The third kappa shape index (κ3) is 4.18. The quantitative estimate of drug-likeness (QED) is 0.831. The molecule has 1 atom stereocenters. The molecule has 0 radical (unpaired) electrons. The molecule has 24 heavy (non-hydrogen) atoms. The number of hydrogen-bond donors (Lipinski definition) is 0. The zero-order chi connectivity index (χ0) is 17.0. The van der Waals surface area contributed by atoms with E-state index >= 15 is 0 Å². The maximum absolute atomic E-state index is 12.4. The van der Waals surface area contributed by atoms with Crippen LogP contribution in [0.2, 0.25) is 0 Å². The van der Waals surface area contributed by atoms with Crippen LogP contribution in [0.5, 0.6) is 5.88 Å². The van der Waals surface area contributed by atoms with Gasteiger partial charge in [-0.05, 0) is 31.1 Å². The van der Waals surface area contributed by atoms with Crippen molar-refractivity contribution in [2.45, 2.75) is 19.4 Å². The fourth-order valence-electron chi connectivity index (χ4n) is 2.47. The molecule has 0 N–H and O–H groups in total. The highest BCUT2D eigenvalue weighted by atomic mass is 32.2. The van der Waals surface area contributed by atoms with Gasteiger partial charge in [-0.25, -0.2) is 8.42 Å². The summed E-state index contributed by atoms with van der Waals surface area (Å²) < 4.78 is 32.0. The lowest BCUT2D eigenvalue weighted by molar-refractivity contribution is 0.205. The summed E-state index contributed by atoms with van der Waals surface area (Å²) in [4.78, 5) is 0. The minimum Gasteiger partial charge on any atom is -0.472 e. The van der Waals surface area contributed by atoms with Crippen LogP contribution in [0, 0.1) is 6.92 Å². The Morgan fingerprint density at radius 1 is 1.25 bits per heavy atom. The molecule has 0 bridgehead atoms. The van der Waals surface area contributed by atoms with E-state index in [-0.39, 0.29) is 6.10 Å². The number of nitrogens with zero attached hydrogens (tertiary/aromatic N) is 3. The molecule has 1 aromatic heterocycles. The van der Waals surface area contributed by atoms with E-state index in [4.69, 9.17) is 4.74 Å². The second-order valence-corrected chi connectivity index (χ2v) is 7.53. The first-order valence-corrected chi connectivity index (χ1v) is 9.22. The fraction of sp³-hybridized carbons (Fsp3) is 0.294. The summed E-state index contributed by atoms with van der Waals surface area (Å²) in [5, 5.41) is 8.86. The molecule has 1 unspecified atom stereocenters. The summed E-state index contributed by atoms with van der Waals surface area (Å²) in [6.07, 6.45) is 3.61. The summed E-state index contributed by atoms with van der Waals surface area (Å²) in [5.41, 5.74) is 1.99. The number of ether oxygens (including phenoxy) is 1. The zero-order valence-electron chi connectivity index (χ0n) is 13.4. The van der Waals surface area contributed by atoms with Crippen molar-refractivity contribution in [3.8, 4) is 5.88 Å². The number of rotatable bonds is 5. The van der Waals surface area contributed by atoms with Gasteiger partial charge in [-0.15, -0.1) is 5.10 Å².